The Balaban J connectivity index is 1.70. The number of rotatable bonds is 5. The summed E-state index contributed by atoms with van der Waals surface area (Å²) < 4.78 is 0. The van der Waals surface area contributed by atoms with Gasteiger partial charge >= 0.3 is 0 Å². The van der Waals surface area contributed by atoms with Gasteiger partial charge in [-0.3, -0.25) is 4.79 Å². The summed E-state index contributed by atoms with van der Waals surface area (Å²) in [5, 5.41) is 4.86. The number of nitrogens with zero attached hydrogens (tertiary/aromatic N) is 1. The van der Waals surface area contributed by atoms with E-state index in [0.717, 1.165) is 21.7 Å². The van der Waals surface area contributed by atoms with E-state index < -0.39 is 0 Å². The third-order valence-corrected chi connectivity index (χ3v) is 5.22. The summed E-state index contributed by atoms with van der Waals surface area (Å²) >= 11 is 1.50. The Labute approximate surface area is 152 Å². The molecule has 0 aliphatic carbocycles. The van der Waals surface area contributed by atoms with E-state index in [1.165, 1.54) is 22.7 Å². The van der Waals surface area contributed by atoms with E-state index in [4.69, 9.17) is 4.98 Å². The molecule has 0 saturated carbocycles. The minimum absolute atomic E-state index is 0.0261. The molecule has 2 aromatic carbocycles. The van der Waals surface area contributed by atoms with Crippen LogP contribution in [-0.4, -0.2) is 16.1 Å². The molecule has 1 heterocycles. The third kappa shape index (κ3) is 4.20. The van der Waals surface area contributed by atoms with Crippen molar-refractivity contribution < 1.29 is 4.79 Å². The number of fused-ring (bicyclic) bond motifs is 1. The Morgan fingerprint density at radius 2 is 1.84 bits per heavy atom. The van der Waals surface area contributed by atoms with Crippen molar-refractivity contribution in [3.05, 3.63) is 71.3 Å². The molecule has 1 atom stereocenters. The zero-order valence-corrected chi connectivity index (χ0v) is 15.6. The molecule has 0 spiro atoms. The van der Waals surface area contributed by atoms with Crippen LogP contribution in [0.4, 0.5) is 0 Å². The quantitative estimate of drug-likeness (QED) is 0.681. The topological polar surface area (TPSA) is 42.0 Å². The zero-order valence-electron chi connectivity index (χ0n) is 14.7. The molecule has 25 heavy (non-hydrogen) atoms. The number of nitrogens with one attached hydrogen (secondary N) is 1. The summed E-state index contributed by atoms with van der Waals surface area (Å²) in [6, 6.07) is 18.2. The number of carbonyl (C=O) groups is 1. The van der Waals surface area contributed by atoms with Crippen molar-refractivity contribution in [2.24, 2.45) is 0 Å². The second-order valence-electron chi connectivity index (χ2n) is 6.21. The van der Waals surface area contributed by atoms with Crippen LogP contribution in [0.3, 0.4) is 0 Å². The molecule has 0 radical (unpaired) electrons. The summed E-state index contributed by atoms with van der Waals surface area (Å²) in [5.41, 5.74) is 4.46. The van der Waals surface area contributed by atoms with Crippen molar-refractivity contribution in [1.29, 1.82) is 0 Å². The molecule has 0 bridgehead atoms. The summed E-state index contributed by atoms with van der Waals surface area (Å²) in [6.07, 6.45) is 0. The molecule has 3 rings (SSSR count). The molecule has 3 nitrogen and oxygen atoms in total. The van der Waals surface area contributed by atoms with Gasteiger partial charge in [-0.25, -0.2) is 4.98 Å². The van der Waals surface area contributed by atoms with E-state index in [1.54, 1.807) is 0 Å². The van der Waals surface area contributed by atoms with Crippen molar-refractivity contribution in [2.75, 3.05) is 0 Å². The summed E-state index contributed by atoms with van der Waals surface area (Å²) in [6.45, 7) is 6.63. The fourth-order valence-electron chi connectivity index (χ4n) is 2.75. The van der Waals surface area contributed by atoms with Crippen LogP contribution in [-0.2, 0) is 11.3 Å². The van der Waals surface area contributed by atoms with Crippen LogP contribution in [0.1, 0.15) is 23.6 Å². The Bertz CT molecular complexity index is 893. The molecule has 0 fully saturated rings. The van der Waals surface area contributed by atoms with Crippen LogP contribution in [0.15, 0.2) is 59.6 Å². The third-order valence-electron chi connectivity index (χ3n) is 4.20. The molecule has 4 heteroatoms. The number of aryl methyl sites for hydroxylation is 2. The second-order valence-corrected chi connectivity index (χ2v) is 7.57. The first-order valence-corrected chi connectivity index (χ1v) is 9.28. The van der Waals surface area contributed by atoms with E-state index in [1.807, 2.05) is 37.3 Å². The maximum atomic E-state index is 12.4. The highest BCUT2D eigenvalue weighted by molar-refractivity contribution is 8.00. The molecular formula is C21H22N2OS. The summed E-state index contributed by atoms with van der Waals surface area (Å²) in [5.74, 6) is 0.0261. The van der Waals surface area contributed by atoms with E-state index >= 15 is 0 Å². The molecular weight excluding hydrogens is 328 g/mol. The van der Waals surface area contributed by atoms with E-state index in [2.05, 4.69) is 43.4 Å². The second kappa shape index (κ2) is 7.70. The molecule has 128 valence electrons. The largest absolute Gasteiger partial charge is 0.351 e. The number of hydrogen-bond donors (Lipinski definition) is 1. The smallest absolute Gasteiger partial charge is 0.233 e. The van der Waals surface area contributed by atoms with Crippen LogP contribution in [0.5, 0.6) is 0 Å². The van der Waals surface area contributed by atoms with Gasteiger partial charge in [0.25, 0.3) is 0 Å². The molecule has 3 aromatic rings. The maximum Gasteiger partial charge on any atom is 0.233 e. The first-order chi connectivity index (χ1) is 12.0. The first kappa shape index (κ1) is 17.5. The number of thioether (sulfide) groups is 1. The Morgan fingerprint density at radius 3 is 2.60 bits per heavy atom. The highest BCUT2D eigenvalue weighted by Crippen LogP contribution is 2.28. The average molecular weight is 350 g/mol. The highest BCUT2D eigenvalue weighted by atomic mass is 32.2. The van der Waals surface area contributed by atoms with Crippen molar-refractivity contribution >= 4 is 28.6 Å². The fourth-order valence-corrected chi connectivity index (χ4v) is 3.70. The monoisotopic (exact) mass is 350 g/mol. The number of hydrogen-bond acceptors (Lipinski definition) is 3. The van der Waals surface area contributed by atoms with Gasteiger partial charge in [0.05, 0.1) is 15.8 Å². The lowest BCUT2D eigenvalue weighted by atomic mass is 10.1. The number of aromatic nitrogens is 1. The molecule has 1 N–H and O–H groups in total. The van der Waals surface area contributed by atoms with Crippen molar-refractivity contribution in [2.45, 2.75) is 37.6 Å². The van der Waals surface area contributed by atoms with Gasteiger partial charge < -0.3 is 5.32 Å². The van der Waals surface area contributed by atoms with Gasteiger partial charge in [-0.15, -0.1) is 0 Å². The maximum absolute atomic E-state index is 12.4. The first-order valence-electron chi connectivity index (χ1n) is 8.40. The van der Waals surface area contributed by atoms with Gasteiger partial charge in [-0.2, -0.15) is 0 Å². The van der Waals surface area contributed by atoms with Gasteiger partial charge in [0.1, 0.15) is 0 Å². The molecule has 0 saturated heterocycles. The van der Waals surface area contributed by atoms with Crippen molar-refractivity contribution in [1.82, 2.24) is 10.3 Å². The average Bonchev–Trinajstić information content (AvgIpc) is 2.61. The Hall–Kier alpha value is -2.33. The Kier molecular flexibility index (Phi) is 5.39. The van der Waals surface area contributed by atoms with Crippen LogP contribution < -0.4 is 5.32 Å². The lowest BCUT2D eigenvalue weighted by molar-refractivity contribution is -0.120. The minimum atomic E-state index is -0.197. The van der Waals surface area contributed by atoms with Gasteiger partial charge in [0.2, 0.25) is 5.91 Å². The normalized spacial score (nSPS) is 12.1. The predicted octanol–water partition coefficient (Wildman–Crippen LogP) is 4.65. The van der Waals surface area contributed by atoms with E-state index in [0.29, 0.717) is 6.54 Å². The van der Waals surface area contributed by atoms with Gasteiger partial charge in [-0.1, -0.05) is 60.3 Å². The van der Waals surface area contributed by atoms with E-state index in [-0.39, 0.29) is 11.2 Å². The summed E-state index contributed by atoms with van der Waals surface area (Å²) in [7, 11) is 0. The SMILES string of the molecule is Cc1cc(SC(C)C(=O)NCc2ccccc2)nc2c(C)cccc12. The molecule has 0 aliphatic heterocycles. The van der Waals surface area contributed by atoms with E-state index in [9.17, 15) is 4.79 Å². The lowest BCUT2D eigenvalue weighted by Crippen LogP contribution is -2.30. The highest BCUT2D eigenvalue weighted by Gasteiger charge is 2.16. The number of para-hydroxylation sites is 1. The van der Waals surface area contributed by atoms with Gasteiger partial charge in [0.15, 0.2) is 0 Å². The lowest BCUT2D eigenvalue weighted by Gasteiger charge is -2.13. The van der Waals surface area contributed by atoms with Crippen molar-refractivity contribution in [3.8, 4) is 0 Å². The Morgan fingerprint density at radius 1 is 1.08 bits per heavy atom. The molecule has 0 aliphatic rings. The number of benzene rings is 2. The zero-order chi connectivity index (χ0) is 17.8. The van der Waals surface area contributed by atoms with Crippen LogP contribution in [0.2, 0.25) is 0 Å². The van der Waals surface area contributed by atoms with Gasteiger partial charge in [0, 0.05) is 11.9 Å². The number of pyridine rings is 1. The number of amides is 1. The molecule has 1 aromatic heterocycles. The van der Waals surface area contributed by atoms with Crippen LogP contribution >= 0.6 is 11.8 Å². The number of carbonyl (C=O) groups excluding carboxylic acids is 1. The van der Waals surface area contributed by atoms with Gasteiger partial charge in [-0.05, 0) is 43.5 Å². The van der Waals surface area contributed by atoms with Crippen molar-refractivity contribution in [3.63, 3.8) is 0 Å². The molecule has 1 unspecified atom stereocenters. The predicted molar refractivity (Wildman–Crippen MR) is 105 cm³/mol. The van der Waals surface area contributed by atoms with Crippen LogP contribution in [0, 0.1) is 13.8 Å². The minimum Gasteiger partial charge on any atom is -0.351 e. The van der Waals surface area contributed by atoms with Crippen LogP contribution in [0.25, 0.3) is 10.9 Å². The standard InChI is InChI=1S/C21H22N2OS/c1-14-8-7-11-18-15(2)12-19(23-20(14)18)25-16(3)21(24)22-13-17-9-5-4-6-10-17/h4-12,16H,13H2,1-3H3,(H,22,24). The fraction of sp³-hybridized carbons (Fsp3) is 0.238. The summed E-state index contributed by atoms with van der Waals surface area (Å²) in [4.78, 5) is 17.1. The molecule has 1 amide bonds.